The third-order valence-corrected chi connectivity index (χ3v) is 6.88. The number of thiazole rings is 1. The predicted octanol–water partition coefficient (Wildman–Crippen LogP) is 5.41. The van der Waals surface area contributed by atoms with E-state index in [4.69, 9.17) is 17.3 Å². The van der Waals surface area contributed by atoms with Gasteiger partial charge in [-0.1, -0.05) is 41.1 Å². The summed E-state index contributed by atoms with van der Waals surface area (Å²) >= 11 is 7.30. The minimum Gasteiger partial charge on any atom is -0.375 e. The minimum atomic E-state index is -4.85. The third kappa shape index (κ3) is 4.29. The van der Waals surface area contributed by atoms with Crippen molar-refractivity contribution in [1.82, 2.24) is 9.97 Å². The fourth-order valence-electron chi connectivity index (χ4n) is 2.93. The highest BCUT2D eigenvalue weighted by Crippen LogP contribution is 2.36. The lowest BCUT2D eigenvalue weighted by molar-refractivity contribution is -0.139. The topological polar surface area (TPSA) is 98.0 Å². The molecule has 0 aliphatic carbocycles. The molecule has 0 saturated carbocycles. The summed E-state index contributed by atoms with van der Waals surface area (Å²) in [4.78, 5) is 7.22. The van der Waals surface area contributed by atoms with Crippen LogP contribution in [0.1, 0.15) is 5.56 Å². The predicted molar refractivity (Wildman–Crippen MR) is 115 cm³/mol. The van der Waals surface area contributed by atoms with Gasteiger partial charge in [-0.15, -0.1) is 0 Å². The fraction of sp³-hybridized carbons (Fsp3) is 0.0526. The molecule has 0 spiro atoms. The monoisotopic (exact) mass is 484 g/mol. The number of benzene rings is 2. The van der Waals surface area contributed by atoms with E-state index in [9.17, 15) is 21.6 Å². The first-order valence-corrected chi connectivity index (χ1v) is 11.2. The number of rotatable bonds is 4. The van der Waals surface area contributed by atoms with Gasteiger partial charge in [0, 0.05) is 11.8 Å². The molecular formula is C19H12ClF3N4O2S2. The van der Waals surface area contributed by atoms with Crippen molar-refractivity contribution in [3.05, 3.63) is 65.4 Å². The molecule has 0 radical (unpaired) electrons. The number of anilines is 2. The minimum absolute atomic E-state index is 0.153. The molecule has 0 bridgehead atoms. The van der Waals surface area contributed by atoms with E-state index in [1.807, 2.05) is 0 Å². The molecule has 0 aliphatic heterocycles. The Morgan fingerprint density at radius 3 is 2.55 bits per heavy atom. The molecule has 0 aliphatic rings. The Balaban J connectivity index is 1.74. The van der Waals surface area contributed by atoms with Crippen LogP contribution in [0, 0.1) is 0 Å². The number of pyridine rings is 1. The molecule has 12 heteroatoms. The molecule has 0 amide bonds. The Labute approximate surface area is 183 Å². The van der Waals surface area contributed by atoms with E-state index in [1.54, 1.807) is 18.2 Å². The molecule has 160 valence electrons. The number of hydrogen-bond donors (Lipinski definition) is 2. The maximum atomic E-state index is 13.3. The van der Waals surface area contributed by atoms with Crippen LogP contribution in [-0.2, 0) is 16.2 Å². The van der Waals surface area contributed by atoms with Crippen LogP contribution < -0.4 is 10.5 Å². The summed E-state index contributed by atoms with van der Waals surface area (Å²) in [5.74, 6) is 0. The molecule has 4 rings (SSSR count). The first-order chi connectivity index (χ1) is 14.5. The summed E-state index contributed by atoms with van der Waals surface area (Å²) < 4.78 is 68.2. The molecule has 0 unspecified atom stereocenters. The average molecular weight is 485 g/mol. The van der Waals surface area contributed by atoms with Crippen molar-refractivity contribution in [1.29, 1.82) is 0 Å². The summed E-state index contributed by atoms with van der Waals surface area (Å²) in [6.07, 6.45) is -3.42. The Bertz CT molecular complexity index is 1410. The molecule has 2 aromatic carbocycles. The number of nitrogens with zero attached hydrogens (tertiary/aromatic N) is 2. The largest absolute Gasteiger partial charge is 0.417 e. The van der Waals surface area contributed by atoms with Crippen molar-refractivity contribution in [3.63, 3.8) is 0 Å². The standard InChI is InChI=1S/C19H12ClF3N4O2S2/c20-17-14(27-31(28,29)16-4-2-1-3-12(16)19(21,22)23)7-11(9-25-17)10-5-6-13-15(8-10)30-18(24)26-13/h1-9,27H,(H2,24,26). The smallest absolute Gasteiger partial charge is 0.375 e. The van der Waals surface area contributed by atoms with Gasteiger partial charge in [0.05, 0.1) is 26.4 Å². The van der Waals surface area contributed by atoms with Gasteiger partial charge in [0.2, 0.25) is 0 Å². The Hall–Kier alpha value is -2.89. The van der Waals surface area contributed by atoms with E-state index >= 15 is 0 Å². The fourth-order valence-corrected chi connectivity index (χ4v) is 5.20. The number of sulfonamides is 1. The summed E-state index contributed by atoms with van der Waals surface area (Å²) in [7, 11) is -4.60. The van der Waals surface area contributed by atoms with E-state index in [2.05, 4.69) is 14.7 Å². The Morgan fingerprint density at radius 1 is 1.06 bits per heavy atom. The van der Waals surface area contributed by atoms with E-state index in [0.29, 0.717) is 27.8 Å². The third-order valence-electron chi connectivity index (χ3n) is 4.30. The van der Waals surface area contributed by atoms with E-state index in [1.165, 1.54) is 29.7 Å². The lowest BCUT2D eigenvalue weighted by Crippen LogP contribution is -2.19. The maximum absolute atomic E-state index is 13.3. The van der Waals surface area contributed by atoms with Crippen LogP contribution in [0.15, 0.2) is 59.6 Å². The lowest BCUT2D eigenvalue weighted by Gasteiger charge is -2.15. The van der Waals surface area contributed by atoms with Crippen molar-refractivity contribution < 1.29 is 21.6 Å². The van der Waals surface area contributed by atoms with Crippen LogP contribution in [0.4, 0.5) is 24.0 Å². The number of fused-ring (bicyclic) bond motifs is 1. The zero-order valence-electron chi connectivity index (χ0n) is 15.3. The van der Waals surface area contributed by atoms with Crippen molar-refractivity contribution in [2.75, 3.05) is 10.5 Å². The second-order valence-electron chi connectivity index (χ2n) is 6.40. The molecule has 6 nitrogen and oxygen atoms in total. The normalized spacial score (nSPS) is 12.3. The van der Waals surface area contributed by atoms with Gasteiger partial charge in [0.1, 0.15) is 0 Å². The van der Waals surface area contributed by atoms with E-state index < -0.39 is 26.7 Å². The Kier molecular flexibility index (Phi) is 5.28. The summed E-state index contributed by atoms with van der Waals surface area (Å²) in [5, 5.41) is 0.193. The van der Waals surface area contributed by atoms with Crippen molar-refractivity contribution in [3.8, 4) is 11.1 Å². The van der Waals surface area contributed by atoms with Crippen molar-refractivity contribution >= 4 is 54.0 Å². The van der Waals surface area contributed by atoms with Gasteiger partial charge in [0.25, 0.3) is 10.0 Å². The number of nitrogens with one attached hydrogen (secondary N) is 1. The average Bonchev–Trinajstić information content (AvgIpc) is 3.08. The summed E-state index contributed by atoms with van der Waals surface area (Å²) in [6, 6.07) is 10.6. The highest BCUT2D eigenvalue weighted by molar-refractivity contribution is 7.92. The number of hydrogen-bond acceptors (Lipinski definition) is 6. The van der Waals surface area contributed by atoms with Crippen LogP contribution in [0.2, 0.25) is 5.15 Å². The number of halogens is 4. The zero-order valence-corrected chi connectivity index (χ0v) is 17.7. The first-order valence-electron chi connectivity index (χ1n) is 8.55. The quantitative estimate of drug-likeness (QED) is 0.377. The molecule has 2 heterocycles. The molecule has 0 atom stereocenters. The molecular weight excluding hydrogens is 473 g/mol. The van der Waals surface area contributed by atoms with Gasteiger partial charge < -0.3 is 5.73 Å². The zero-order chi connectivity index (χ0) is 22.4. The first kappa shape index (κ1) is 21.3. The number of nitrogen functional groups attached to an aromatic ring is 1. The van der Waals surface area contributed by atoms with E-state index in [-0.39, 0.29) is 10.8 Å². The molecule has 31 heavy (non-hydrogen) atoms. The highest BCUT2D eigenvalue weighted by atomic mass is 35.5. The molecule has 0 fully saturated rings. The number of aromatic nitrogens is 2. The van der Waals surface area contributed by atoms with Gasteiger partial charge >= 0.3 is 6.18 Å². The van der Waals surface area contributed by atoms with Crippen LogP contribution in [0.25, 0.3) is 21.3 Å². The maximum Gasteiger partial charge on any atom is 0.417 e. The number of alkyl halides is 3. The van der Waals surface area contributed by atoms with Crippen molar-refractivity contribution in [2.24, 2.45) is 0 Å². The van der Waals surface area contributed by atoms with Gasteiger partial charge in [-0.05, 0) is 35.9 Å². The van der Waals surface area contributed by atoms with Crippen LogP contribution >= 0.6 is 22.9 Å². The van der Waals surface area contributed by atoms with Gasteiger partial charge in [-0.3, -0.25) is 4.72 Å². The van der Waals surface area contributed by atoms with Crippen LogP contribution in [-0.4, -0.2) is 18.4 Å². The second-order valence-corrected chi connectivity index (χ2v) is 9.47. The highest BCUT2D eigenvalue weighted by Gasteiger charge is 2.37. The van der Waals surface area contributed by atoms with E-state index in [0.717, 1.165) is 16.8 Å². The molecule has 0 saturated heterocycles. The van der Waals surface area contributed by atoms with Gasteiger partial charge in [-0.25, -0.2) is 18.4 Å². The van der Waals surface area contributed by atoms with Gasteiger partial charge in [0.15, 0.2) is 10.3 Å². The summed E-state index contributed by atoms with van der Waals surface area (Å²) in [6.45, 7) is 0. The van der Waals surface area contributed by atoms with Gasteiger partial charge in [-0.2, -0.15) is 13.2 Å². The SMILES string of the molecule is Nc1nc2ccc(-c3cnc(Cl)c(NS(=O)(=O)c4ccccc4C(F)(F)F)c3)cc2s1. The lowest BCUT2D eigenvalue weighted by atomic mass is 10.1. The molecule has 2 aromatic heterocycles. The molecule has 3 N–H and O–H groups in total. The number of nitrogens with two attached hydrogens (primary N) is 1. The van der Waals surface area contributed by atoms with Crippen LogP contribution in [0.5, 0.6) is 0 Å². The molecule has 4 aromatic rings. The second kappa shape index (κ2) is 7.66. The van der Waals surface area contributed by atoms with Crippen LogP contribution in [0.3, 0.4) is 0 Å². The summed E-state index contributed by atoms with van der Waals surface area (Å²) in [5.41, 5.74) is 6.16. The Morgan fingerprint density at radius 2 is 1.81 bits per heavy atom. The van der Waals surface area contributed by atoms with Crippen molar-refractivity contribution in [2.45, 2.75) is 11.1 Å².